The van der Waals surface area contributed by atoms with Crippen LogP contribution in [0.4, 0.5) is 0 Å². The van der Waals surface area contributed by atoms with Crippen molar-refractivity contribution in [3.63, 3.8) is 0 Å². The number of carbonyl (C=O) groups is 2. The predicted octanol–water partition coefficient (Wildman–Crippen LogP) is 1.61. The van der Waals surface area contributed by atoms with Crippen molar-refractivity contribution >= 4 is 11.8 Å². The fraction of sp³-hybridized carbons (Fsp3) is 0.421. The van der Waals surface area contributed by atoms with Gasteiger partial charge < -0.3 is 25.0 Å². The van der Waals surface area contributed by atoms with Crippen LogP contribution in [-0.4, -0.2) is 42.3 Å². The number of hydrogen-bond donors (Lipinski definition) is 2. The summed E-state index contributed by atoms with van der Waals surface area (Å²) in [6, 6.07) is 6.33. The van der Waals surface area contributed by atoms with Crippen molar-refractivity contribution in [3.05, 3.63) is 46.8 Å². The van der Waals surface area contributed by atoms with E-state index in [4.69, 9.17) is 19.7 Å². The molecule has 27 heavy (non-hydrogen) atoms. The highest BCUT2D eigenvalue weighted by Gasteiger charge is 2.31. The van der Waals surface area contributed by atoms with E-state index in [1.807, 2.05) is 6.92 Å². The van der Waals surface area contributed by atoms with Gasteiger partial charge in [-0.1, -0.05) is 12.1 Å². The number of aromatic nitrogens is 1. The zero-order chi connectivity index (χ0) is 19.4. The molecule has 1 saturated heterocycles. The molecule has 8 heteroatoms. The van der Waals surface area contributed by atoms with E-state index in [0.717, 1.165) is 0 Å². The zero-order valence-electron chi connectivity index (χ0n) is 15.4. The Hall–Kier alpha value is -2.87. The van der Waals surface area contributed by atoms with Crippen LogP contribution < -0.4 is 15.8 Å². The second-order valence-electron chi connectivity index (χ2n) is 6.40. The van der Waals surface area contributed by atoms with Gasteiger partial charge in [0, 0.05) is 12.2 Å². The quantitative estimate of drug-likeness (QED) is 0.794. The van der Waals surface area contributed by atoms with Gasteiger partial charge in [-0.25, -0.2) is 0 Å². The first-order valence-corrected chi connectivity index (χ1v) is 8.89. The van der Waals surface area contributed by atoms with Crippen molar-refractivity contribution in [1.29, 1.82) is 0 Å². The maximum absolute atomic E-state index is 12.7. The second kappa shape index (κ2) is 8.22. The summed E-state index contributed by atoms with van der Waals surface area (Å²) in [5.41, 5.74) is 6.77. The van der Waals surface area contributed by atoms with Gasteiger partial charge in [-0.05, 0) is 44.0 Å². The fourth-order valence-electron chi connectivity index (χ4n) is 3.06. The summed E-state index contributed by atoms with van der Waals surface area (Å²) in [5, 5.41) is 6.95. The van der Waals surface area contributed by atoms with Gasteiger partial charge in [0.05, 0.1) is 18.3 Å². The Balaban J connectivity index is 1.70. The van der Waals surface area contributed by atoms with Gasteiger partial charge in [-0.15, -0.1) is 0 Å². The molecule has 0 unspecified atom stereocenters. The molecule has 3 N–H and O–H groups in total. The Kier molecular flexibility index (Phi) is 5.75. The largest absolute Gasteiger partial charge is 0.486 e. The average Bonchev–Trinajstić information content (AvgIpc) is 3.04. The summed E-state index contributed by atoms with van der Waals surface area (Å²) in [6.45, 7) is 4.53. The van der Waals surface area contributed by atoms with E-state index in [2.05, 4.69) is 10.5 Å². The van der Waals surface area contributed by atoms with Crippen molar-refractivity contribution in [2.75, 3.05) is 13.2 Å². The second-order valence-corrected chi connectivity index (χ2v) is 6.40. The van der Waals surface area contributed by atoms with Crippen molar-refractivity contribution in [1.82, 2.24) is 10.5 Å². The lowest BCUT2D eigenvalue weighted by Gasteiger charge is -2.32. The third kappa shape index (κ3) is 4.28. The minimum atomic E-state index is -0.497. The molecule has 0 spiro atoms. The molecule has 0 aliphatic carbocycles. The highest BCUT2D eigenvalue weighted by molar-refractivity contribution is 5.96. The number of rotatable bonds is 6. The SMILES string of the molecule is CCc1noc(C)c1C(=O)N[C@@H]1CCOC[C@H]1Oc1ccc(C(N)=O)cc1. The predicted molar refractivity (Wildman–Crippen MR) is 96.7 cm³/mol. The Labute approximate surface area is 157 Å². The molecule has 1 aromatic heterocycles. The molecule has 2 heterocycles. The first-order valence-electron chi connectivity index (χ1n) is 8.89. The first-order chi connectivity index (χ1) is 13.0. The maximum atomic E-state index is 12.7. The summed E-state index contributed by atoms with van der Waals surface area (Å²) in [4.78, 5) is 23.9. The van der Waals surface area contributed by atoms with E-state index in [0.29, 0.717) is 54.4 Å². The molecule has 1 aliphatic rings. The van der Waals surface area contributed by atoms with E-state index in [9.17, 15) is 9.59 Å². The highest BCUT2D eigenvalue weighted by atomic mass is 16.5. The highest BCUT2D eigenvalue weighted by Crippen LogP contribution is 2.20. The van der Waals surface area contributed by atoms with Crippen LogP contribution in [0.2, 0.25) is 0 Å². The van der Waals surface area contributed by atoms with E-state index in [1.165, 1.54) is 0 Å². The van der Waals surface area contributed by atoms with Crippen LogP contribution in [0.1, 0.15) is 45.5 Å². The summed E-state index contributed by atoms with van der Waals surface area (Å²) in [7, 11) is 0. The number of hydrogen-bond acceptors (Lipinski definition) is 6. The van der Waals surface area contributed by atoms with Gasteiger partial charge >= 0.3 is 0 Å². The molecule has 2 amide bonds. The molecule has 1 fully saturated rings. The van der Waals surface area contributed by atoms with Crippen LogP contribution in [0, 0.1) is 6.92 Å². The Morgan fingerprint density at radius 2 is 2.07 bits per heavy atom. The molecule has 0 bridgehead atoms. The lowest BCUT2D eigenvalue weighted by molar-refractivity contribution is -0.0135. The number of nitrogens with one attached hydrogen (secondary N) is 1. The number of aryl methyl sites for hydroxylation is 2. The van der Waals surface area contributed by atoms with Crippen LogP contribution in [0.5, 0.6) is 5.75 Å². The van der Waals surface area contributed by atoms with Crippen molar-refractivity contribution in [2.45, 2.75) is 38.8 Å². The summed E-state index contributed by atoms with van der Waals surface area (Å²) in [5.74, 6) is 0.347. The molecule has 2 atom stereocenters. The average molecular weight is 373 g/mol. The van der Waals surface area contributed by atoms with Gasteiger partial charge in [-0.2, -0.15) is 0 Å². The van der Waals surface area contributed by atoms with Crippen molar-refractivity contribution in [2.24, 2.45) is 5.73 Å². The lowest BCUT2D eigenvalue weighted by Crippen LogP contribution is -2.51. The van der Waals surface area contributed by atoms with E-state index in [1.54, 1.807) is 31.2 Å². The number of benzene rings is 1. The number of primary amides is 1. The summed E-state index contributed by atoms with van der Waals surface area (Å²) < 4.78 is 16.6. The van der Waals surface area contributed by atoms with Gasteiger partial charge in [-0.3, -0.25) is 9.59 Å². The third-order valence-electron chi connectivity index (χ3n) is 4.54. The topological polar surface area (TPSA) is 117 Å². The van der Waals surface area contributed by atoms with Gasteiger partial charge in [0.15, 0.2) is 0 Å². The van der Waals surface area contributed by atoms with Crippen molar-refractivity contribution < 1.29 is 23.6 Å². The molecule has 1 aliphatic heterocycles. The van der Waals surface area contributed by atoms with Crippen molar-refractivity contribution in [3.8, 4) is 5.75 Å². The monoisotopic (exact) mass is 373 g/mol. The zero-order valence-corrected chi connectivity index (χ0v) is 15.4. The summed E-state index contributed by atoms with van der Waals surface area (Å²) >= 11 is 0. The lowest BCUT2D eigenvalue weighted by atomic mass is 10.0. The van der Waals surface area contributed by atoms with Crippen LogP contribution in [-0.2, 0) is 11.2 Å². The minimum Gasteiger partial charge on any atom is -0.486 e. The Morgan fingerprint density at radius 3 is 2.74 bits per heavy atom. The van der Waals surface area contributed by atoms with Gasteiger partial charge in [0.1, 0.15) is 23.2 Å². The van der Waals surface area contributed by atoms with E-state index < -0.39 is 5.91 Å². The molecule has 144 valence electrons. The number of nitrogens with two attached hydrogens (primary N) is 1. The molecule has 3 rings (SSSR count). The van der Waals surface area contributed by atoms with E-state index >= 15 is 0 Å². The van der Waals surface area contributed by atoms with E-state index in [-0.39, 0.29) is 18.1 Å². The van der Waals surface area contributed by atoms with Crippen LogP contribution in [0.15, 0.2) is 28.8 Å². The molecule has 2 aromatic rings. The molecular formula is C19H23N3O5. The smallest absolute Gasteiger partial charge is 0.257 e. The summed E-state index contributed by atoms with van der Waals surface area (Å²) in [6.07, 6.45) is 0.883. The number of nitrogens with zero attached hydrogens (tertiary/aromatic N) is 1. The standard InChI is InChI=1S/C19H23N3O5/c1-3-14-17(11(2)27-22-14)19(24)21-15-8-9-25-10-16(15)26-13-6-4-12(5-7-13)18(20)23/h4-7,15-16H,3,8-10H2,1-2H3,(H2,20,23)(H,21,24)/t15-,16-/m1/s1. The van der Waals surface area contributed by atoms with Crippen LogP contribution in [0.25, 0.3) is 0 Å². The molecule has 0 saturated carbocycles. The third-order valence-corrected chi connectivity index (χ3v) is 4.54. The maximum Gasteiger partial charge on any atom is 0.257 e. The number of carbonyl (C=O) groups excluding carboxylic acids is 2. The molecule has 8 nitrogen and oxygen atoms in total. The minimum absolute atomic E-state index is 0.221. The fourth-order valence-corrected chi connectivity index (χ4v) is 3.06. The molecule has 1 aromatic carbocycles. The van der Waals surface area contributed by atoms with Crippen LogP contribution in [0.3, 0.4) is 0 Å². The van der Waals surface area contributed by atoms with Crippen LogP contribution >= 0.6 is 0 Å². The van der Waals surface area contributed by atoms with Gasteiger partial charge in [0.2, 0.25) is 5.91 Å². The van der Waals surface area contributed by atoms with Gasteiger partial charge in [0.25, 0.3) is 5.91 Å². The number of ether oxygens (including phenoxy) is 2. The Morgan fingerprint density at radius 1 is 1.33 bits per heavy atom. The normalized spacial score (nSPS) is 19.5. The first kappa shape index (κ1) is 18.9. The molecular weight excluding hydrogens is 350 g/mol. The Bertz CT molecular complexity index is 815. The number of amides is 2. The molecule has 0 radical (unpaired) electrons.